The lowest BCUT2D eigenvalue weighted by Gasteiger charge is -2.27. The molecule has 4 rings (SSSR count). The number of hydrogen-bond acceptors (Lipinski definition) is 6. The molecule has 3 aromatic rings. The number of rotatable bonds is 6. The van der Waals surface area contributed by atoms with Crippen LogP contribution in [0.3, 0.4) is 0 Å². The highest BCUT2D eigenvalue weighted by Crippen LogP contribution is 2.36. The predicted octanol–water partition coefficient (Wildman–Crippen LogP) is 4.65. The first kappa shape index (κ1) is 26.0. The molecular formula is C25H24F4N6O2. The molecule has 1 N–H and O–H groups in total. The van der Waals surface area contributed by atoms with Crippen molar-refractivity contribution in [1.29, 1.82) is 0 Å². The molecule has 2 aromatic heterocycles. The van der Waals surface area contributed by atoms with Gasteiger partial charge in [0.1, 0.15) is 11.5 Å². The van der Waals surface area contributed by atoms with Crippen molar-refractivity contribution in [2.45, 2.75) is 31.9 Å². The van der Waals surface area contributed by atoms with Crippen LogP contribution in [0.4, 0.5) is 34.8 Å². The van der Waals surface area contributed by atoms with E-state index in [0.717, 1.165) is 18.9 Å². The van der Waals surface area contributed by atoms with Gasteiger partial charge in [0.25, 0.3) is 5.91 Å². The molecule has 0 bridgehead atoms. The zero-order valence-corrected chi connectivity index (χ0v) is 20.1. The van der Waals surface area contributed by atoms with E-state index >= 15 is 0 Å². The molecule has 1 aliphatic rings. The van der Waals surface area contributed by atoms with Gasteiger partial charge < -0.3 is 15.1 Å². The first-order valence-electron chi connectivity index (χ1n) is 11.5. The van der Waals surface area contributed by atoms with Gasteiger partial charge in [-0.3, -0.25) is 9.59 Å². The largest absolute Gasteiger partial charge is 0.433 e. The second-order valence-corrected chi connectivity index (χ2v) is 8.65. The monoisotopic (exact) mass is 516 g/mol. The Morgan fingerprint density at radius 3 is 2.24 bits per heavy atom. The molecule has 0 aliphatic carbocycles. The van der Waals surface area contributed by atoms with Gasteiger partial charge in [0.05, 0.1) is 11.6 Å². The van der Waals surface area contributed by atoms with Crippen molar-refractivity contribution in [2.75, 3.05) is 35.3 Å². The number of halogens is 4. The Labute approximate surface area is 210 Å². The number of hydrogen-bond donors (Lipinski definition) is 1. The number of nitrogens with one attached hydrogen (secondary N) is 1. The van der Waals surface area contributed by atoms with Crippen molar-refractivity contribution >= 4 is 29.0 Å². The minimum absolute atomic E-state index is 0.111. The minimum atomic E-state index is -4.61. The highest BCUT2D eigenvalue weighted by molar-refractivity contribution is 6.02. The topological polar surface area (TPSA) is 91.3 Å². The van der Waals surface area contributed by atoms with Gasteiger partial charge in [-0.05, 0) is 56.2 Å². The SMILES string of the molecule is CC(C(=O)N(C)c1ccc(C(F)(F)F)nc1N1CCCC1)c1cnc(C(=O)Nc2ccc(F)cc2)nc1. The Bertz CT molecular complexity index is 1280. The van der Waals surface area contributed by atoms with Crippen LogP contribution in [0.15, 0.2) is 48.8 Å². The lowest BCUT2D eigenvalue weighted by Crippen LogP contribution is -2.33. The third-order valence-electron chi connectivity index (χ3n) is 6.09. The number of nitrogens with zero attached hydrogens (tertiary/aromatic N) is 5. The van der Waals surface area contributed by atoms with Crippen molar-refractivity contribution in [1.82, 2.24) is 15.0 Å². The summed E-state index contributed by atoms with van der Waals surface area (Å²) in [5, 5.41) is 2.55. The molecule has 12 heteroatoms. The first-order chi connectivity index (χ1) is 17.5. The summed E-state index contributed by atoms with van der Waals surface area (Å²) in [6.07, 6.45) is -0.274. The number of alkyl halides is 3. The van der Waals surface area contributed by atoms with E-state index in [1.54, 1.807) is 11.8 Å². The van der Waals surface area contributed by atoms with E-state index in [-0.39, 0.29) is 17.3 Å². The van der Waals surface area contributed by atoms with Crippen LogP contribution in [0.25, 0.3) is 0 Å². The smallest absolute Gasteiger partial charge is 0.355 e. The van der Waals surface area contributed by atoms with E-state index in [4.69, 9.17) is 0 Å². The maximum atomic E-state index is 13.3. The molecule has 0 saturated carbocycles. The lowest BCUT2D eigenvalue weighted by atomic mass is 10.0. The number of anilines is 3. The summed E-state index contributed by atoms with van der Waals surface area (Å²) in [5.74, 6) is -2.26. The highest BCUT2D eigenvalue weighted by atomic mass is 19.4. The molecule has 1 aliphatic heterocycles. The van der Waals surface area contributed by atoms with Gasteiger partial charge >= 0.3 is 6.18 Å². The molecule has 3 heterocycles. The fraction of sp³-hybridized carbons (Fsp3) is 0.320. The molecule has 0 spiro atoms. The van der Waals surface area contributed by atoms with Crippen molar-refractivity contribution in [3.05, 3.63) is 71.7 Å². The fourth-order valence-electron chi connectivity index (χ4n) is 3.97. The van der Waals surface area contributed by atoms with Crippen molar-refractivity contribution in [3.8, 4) is 0 Å². The zero-order chi connectivity index (χ0) is 26.7. The zero-order valence-electron chi connectivity index (χ0n) is 20.1. The number of pyridine rings is 1. The van der Waals surface area contributed by atoms with Crippen LogP contribution in [0.2, 0.25) is 0 Å². The van der Waals surface area contributed by atoms with Gasteiger partial charge in [-0.15, -0.1) is 0 Å². The Balaban J connectivity index is 1.51. The van der Waals surface area contributed by atoms with Crippen LogP contribution in [0.5, 0.6) is 0 Å². The van der Waals surface area contributed by atoms with E-state index in [1.807, 2.05) is 0 Å². The number of aromatic nitrogens is 3. The van der Waals surface area contributed by atoms with Crippen LogP contribution < -0.4 is 15.1 Å². The number of carbonyl (C=O) groups excluding carboxylic acids is 2. The van der Waals surface area contributed by atoms with E-state index in [0.29, 0.717) is 24.3 Å². The molecule has 0 radical (unpaired) electrons. The Morgan fingerprint density at radius 2 is 1.65 bits per heavy atom. The number of benzene rings is 1. The lowest BCUT2D eigenvalue weighted by molar-refractivity contribution is -0.141. The highest BCUT2D eigenvalue weighted by Gasteiger charge is 2.35. The summed E-state index contributed by atoms with van der Waals surface area (Å²) in [7, 11) is 1.48. The van der Waals surface area contributed by atoms with Gasteiger partial charge in [0.15, 0.2) is 5.82 Å². The normalized spacial score (nSPS) is 14.4. The third-order valence-corrected chi connectivity index (χ3v) is 6.09. The molecule has 1 atom stereocenters. The standard InChI is InChI=1S/C25H24F4N6O2/c1-15(16-13-30-21(31-14-16)23(36)32-18-7-5-17(26)6-8-18)24(37)34(2)19-9-10-20(25(27,28)29)33-22(19)35-11-3-4-12-35/h5-10,13-15H,3-4,11-12H2,1-2H3,(H,32,36). The molecule has 2 amide bonds. The van der Waals surface area contributed by atoms with Crippen LogP contribution >= 0.6 is 0 Å². The Hall–Kier alpha value is -4.09. The molecule has 1 unspecified atom stereocenters. The van der Waals surface area contributed by atoms with Gasteiger partial charge in [-0.2, -0.15) is 13.2 Å². The van der Waals surface area contributed by atoms with E-state index in [1.165, 1.54) is 54.7 Å². The van der Waals surface area contributed by atoms with Crippen LogP contribution in [0, 0.1) is 5.82 Å². The summed E-state index contributed by atoms with van der Waals surface area (Å²) < 4.78 is 53.0. The quantitative estimate of drug-likeness (QED) is 0.480. The van der Waals surface area contributed by atoms with Crippen LogP contribution in [-0.4, -0.2) is 46.9 Å². The van der Waals surface area contributed by atoms with Gasteiger partial charge in [0, 0.05) is 43.8 Å². The number of amides is 2. The van der Waals surface area contributed by atoms with Gasteiger partial charge in [-0.25, -0.2) is 19.3 Å². The van der Waals surface area contributed by atoms with Crippen LogP contribution in [-0.2, 0) is 11.0 Å². The molecule has 37 heavy (non-hydrogen) atoms. The minimum Gasteiger partial charge on any atom is -0.355 e. The van der Waals surface area contributed by atoms with Gasteiger partial charge in [-0.1, -0.05) is 0 Å². The van der Waals surface area contributed by atoms with Crippen LogP contribution in [0.1, 0.15) is 47.6 Å². The summed E-state index contributed by atoms with van der Waals surface area (Å²) in [6.45, 7) is 2.71. The van der Waals surface area contributed by atoms with Gasteiger partial charge in [0.2, 0.25) is 11.7 Å². The fourth-order valence-corrected chi connectivity index (χ4v) is 3.97. The van der Waals surface area contributed by atoms with Crippen molar-refractivity contribution < 1.29 is 27.2 Å². The van der Waals surface area contributed by atoms with Crippen molar-refractivity contribution in [3.63, 3.8) is 0 Å². The molecule has 194 valence electrons. The van der Waals surface area contributed by atoms with E-state index in [9.17, 15) is 27.2 Å². The average molecular weight is 516 g/mol. The average Bonchev–Trinajstić information content (AvgIpc) is 3.43. The molecule has 1 fully saturated rings. The first-order valence-corrected chi connectivity index (χ1v) is 11.5. The maximum absolute atomic E-state index is 13.3. The second-order valence-electron chi connectivity index (χ2n) is 8.65. The Kier molecular flexibility index (Phi) is 7.37. The summed E-state index contributed by atoms with van der Waals surface area (Å²) in [4.78, 5) is 40.6. The third kappa shape index (κ3) is 5.84. The number of carbonyl (C=O) groups is 2. The van der Waals surface area contributed by atoms with Crippen molar-refractivity contribution in [2.24, 2.45) is 0 Å². The van der Waals surface area contributed by atoms with E-state index in [2.05, 4.69) is 20.3 Å². The Morgan fingerprint density at radius 1 is 1.03 bits per heavy atom. The summed E-state index contributed by atoms with van der Waals surface area (Å²) >= 11 is 0. The predicted molar refractivity (Wildman–Crippen MR) is 129 cm³/mol. The number of likely N-dealkylation sites (N-methyl/N-ethyl adjacent to an activating group) is 1. The maximum Gasteiger partial charge on any atom is 0.433 e. The molecule has 1 saturated heterocycles. The summed E-state index contributed by atoms with van der Waals surface area (Å²) in [5.41, 5.74) is 0.0268. The molecule has 8 nitrogen and oxygen atoms in total. The molecule has 1 aromatic carbocycles. The second kappa shape index (κ2) is 10.5. The summed E-state index contributed by atoms with van der Waals surface area (Å²) in [6, 6.07) is 7.30. The van der Waals surface area contributed by atoms with E-state index < -0.39 is 35.4 Å². The molecular weight excluding hydrogens is 492 g/mol.